The van der Waals surface area contributed by atoms with Crippen molar-refractivity contribution < 1.29 is 17.6 Å². The number of nitrogens with zero attached hydrogens (tertiary/aromatic N) is 1. The average molecular weight is 283 g/mol. The molecule has 6 heteroatoms. The van der Waals surface area contributed by atoms with Crippen molar-refractivity contribution in [3.8, 4) is 0 Å². The minimum absolute atomic E-state index is 0.0923. The maximum Gasteiger partial charge on any atom is 0.290 e. The fraction of sp³-hybridized carbons (Fsp3) is 0.615. The maximum absolute atomic E-state index is 12.5. The number of furan rings is 1. The predicted molar refractivity (Wildman–Crippen MR) is 69.7 cm³/mol. The summed E-state index contributed by atoms with van der Waals surface area (Å²) in [4.78, 5) is 14.3. The second-order valence-electron chi connectivity index (χ2n) is 5.43. The lowest BCUT2D eigenvalue weighted by molar-refractivity contribution is 0.0647. The van der Waals surface area contributed by atoms with Gasteiger partial charge in [-0.3, -0.25) is 4.79 Å². The molecule has 19 heavy (non-hydrogen) atoms. The molecule has 1 unspecified atom stereocenters. The second kappa shape index (κ2) is 4.37. The van der Waals surface area contributed by atoms with Gasteiger partial charge in [0, 0.05) is 17.6 Å². The summed E-state index contributed by atoms with van der Waals surface area (Å²) in [6, 6.07) is 1.76. The molecule has 1 aromatic rings. The van der Waals surface area contributed by atoms with Crippen LogP contribution in [0.15, 0.2) is 16.7 Å². The Bertz CT molecular complexity index is 600. The number of aryl methyl sites for hydroxylation is 1. The summed E-state index contributed by atoms with van der Waals surface area (Å²) in [6.45, 7) is 1.83. The van der Waals surface area contributed by atoms with E-state index in [-0.39, 0.29) is 29.5 Å². The number of carbonyl (C=O) groups is 1. The highest BCUT2D eigenvalue weighted by Gasteiger charge is 2.43. The minimum Gasteiger partial charge on any atom is -0.459 e. The van der Waals surface area contributed by atoms with Gasteiger partial charge in [0.1, 0.15) is 0 Å². The second-order valence-corrected chi connectivity index (χ2v) is 7.66. The van der Waals surface area contributed by atoms with E-state index in [1.165, 1.54) is 6.26 Å². The van der Waals surface area contributed by atoms with Crippen LogP contribution in [-0.2, 0) is 9.84 Å². The van der Waals surface area contributed by atoms with Gasteiger partial charge < -0.3 is 9.32 Å². The quantitative estimate of drug-likeness (QED) is 0.840. The van der Waals surface area contributed by atoms with Crippen LogP contribution in [0.4, 0.5) is 0 Å². The SMILES string of the molecule is Cc1ccoc1C(=O)N(C1CC1)C1CCS(=O)(=O)C1. The topological polar surface area (TPSA) is 67.6 Å². The Morgan fingerprint density at radius 1 is 1.32 bits per heavy atom. The van der Waals surface area contributed by atoms with Crippen LogP contribution in [-0.4, -0.2) is 42.8 Å². The number of hydrogen-bond donors (Lipinski definition) is 0. The van der Waals surface area contributed by atoms with E-state index in [1.54, 1.807) is 11.0 Å². The van der Waals surface area contributed by atoms with Crippen LogP contribution in [0.1, 0.15) is 35.4 Å². The molecule has 1 amide bonds. The molecule has 5 nitrogen and oxygen atoms in total. The third-order valence-electron chi connectivity index (χ3n) is 3.83. The molecule has 2 heterocycles. The third kappa shape index (κ3) is 2.41. The Morgan fingerprint density at radius 2 is 2.05 bits per heavy atom. The van der Waals surface area contributed by atoms with Crippen LogP contribution in [0.3, 0.4) is 0 Å². The molecule has 2 aliphatic rings. The number of carbonyl (C=O) groups excluding carboxylic acids is 1. The zero-order valence-corrected chi connectivity index (χ0v) is 11.6. The zero-order valence-electron chi connectivity index (χ0n) is 10.8. The van der Waals surface area contributed by atoms with Gasteiger partial charge in [0.05, 0.1) is 17.8 Å². The first-order chi connectivity index (χ1) is 8.98. The van der Waals surface area contributed by atoms with Crippen LogP contribution in [0.2, 0.25) is 0 Å². The van der Waals surface area contributed by atoms with Gasteiger partial charge in [0.2, 0.25) is 0 Å². The largest absolute Gasteiger partial charge is 0.459 e. The lowest BCUT2D eigenvalue weighted by atomic mass is 10.2. The van der Waals surface area contributed by atoms with Crippen molar-refractivity contribution in [1.29, 1.82) is 0 Å². The van der Waals surface area contributed by atoms with E-state index in [2.05, 4.69) is 0 Å². The van der Waals surface area contributed by atoms with E-state index in [1.807, 2.05) is 6.92 Å². The molecule has 104 valence electrons. The van der Waals surface area contributed by atoms with E-state index in [9.17, 15) is 13.2 Å². The van der Waals surface area contributed by atoms with E-state index >= 15 is 0 Å². The summed E-state index contributed by atoms with van der Waals surface area (Å²) >= 11 is 0. The smallest absolute Gasteiger partial charge is 0.290 e. The predicted octanol–water partition coefficient (Wildman–Crippen LogP) is 1.38. The van der Waals surface area contributed by atoms with Crippen molar-refractivity contribution in [3.63, 3.8) is 0 Å². The van der Waals surface area contributed by atoms with Gasteiger partial charge in [-0.25, -0.2) is 8.42 Å². The molecule has 1 saturated carbocycles. The average Bonchev–Trinajstić information content (AvgIpc) is 2.97. The van der Waals surface area contributed by atoms with E-state index < -0.39 is 9.84 Å². The molecule has 0 bridgehead atoms. The molecule has 3 rings (SSSR count). The fourth-order valence-corrected chi connectivity index (χ4v) is 4.40. The normalized spacial score (nSPS) is 25.4. The molecule has 0 N–H and O–H groups in total. The molecule has 0 radical (unpaired) electrons. The molecular weight excluding hydrogens is 266 g/mol. The van der Waals surface area contributed by atoms with Crippen molar-refractivity contribution in [1.82, 2.24) is 4.90 Å². The minimum atomic E-state index is -2.98. The molecule has 1 saturated heterocycles. The molecule has 2 fully saturated rings. The monoisotopic (exact) mass is 283 g/mol. The standard InChI is InChI=1S/C13H17NO4S/c1-9-4-6-18-12(9)13(15)14(10-2-3-10)11-5-7-19(16,17)8-11/h4,6,10-11H,2-3,5,7-8H2,1H3. The van der Waals surface area contributed by atoms with E-state index in [0.717, 1.165) is 18.4 Å². The van der Waals surface area contributed by atoms with Gasteiger partial charge in [0.15, 0.2) is 15.6 Å². The number of sulfone groups is 1. The lowest BCUT2D eigenvalue weighted by Gasteiger charge is -2.27. The van der Waals surface area contributed by atoms with Crippen LogP contribution < -0.4 is 0 Å². The van der Waals surface area contributed by atoms with Crippen LogP contribution in [0.25, 0.3) is 0 Å². The first kappa shape index (κ1) is 12.7. The van der Waals surface area contributed by atoms with Crippen LogP contribution >= 0.6 is 0 Å². The summed E-state index contributed by atoms with van der Waals surface area (Å²) in [5, 5.41) is 0. The highest BCUT2D eigenvalue weighted by molar-refractivity contribution is 7.91. The Hall–Kier alpha value is -1.30. The highest BCUT2D eigenvalue weighted by Crippen LogP contribution is 2.34. The molecule has 1 atom stereocenters. The zero-order chi connectivity index (χ0) is 13.6. The summed E-state index contributed by atoms with van der Waals surface area (Å²) in [5.41, 5.74) is 0.802. The van der Waals surface area contributed by atoms with Crippen molar-refractivity contribution >= 4 is 15.7 Å². The molecule has 1 aromatic heterocycles. The Morgan fingerprint density at radius 3 is 2.53 bits per heavy atom. The summed E-state index contributed by atoms with van der Waals surface area (Å²) < 4.78 is 28.5. The van der Waals surface area contributed by atoms with Crippen molar-refractivity contribution in [3.05, 3.63) is 23.7 Å². The third-order valence-corrected chi connectivity index (χ3v) is 5.58. The first-order valence-corrected chi connectivity index (χ1v) is 8.37. The summed E-state index contributed by atoms with van der Waals surface area (Å²) in [6.07, 6.45) is 3.97. The van der Waals surface area contributed by atoms with Crippen LogP contribution in [0.5, 0.6) is 0 Å². The number of hydrogen-bond acceptors (Lipinski definition) is 4. The number of rotatable bonds is 3. The Kier molecular flexibility index (Phi) is 2.92. The van der Waals surface area contributed by atoms with Gasteiger partial charge in [-0.1, -0.05) is 0 Å². The maximum atomic E-state index is 12.5. The van der Waals surface area contributed by atoms with Crippen molar-refractivity contribution in [2.45, 2.75) is 38.3 Å². The lowest BCUT2D eigenvalue weighted by Crippen LogP contribution is -2.42. The van der Waals surface area contributed by atoms with Gasteiger partial charge in [0.25, 0.3) is 5.91 Å². The van der Waals surface area contributed by atoms with E-state index in [0.29, 0.717) is 12.2 Å². The Balaban J connectivity index is 1.86. The Labute approximate surface area is 112 Å². The van der Waals surface area contributed by atoms with E-state index in [4.69, 9.17) is 4.42 Å². The molecule has 1 aliphatic carbocycles. The van der Waals surface area contributed by atoms with Gasteiger partial charge in [-0.05, 0) is 32.3 Å². The summed E-state index contributed by atoms with van der Waals surface area (Å²) in [7, 11) is -2.98. The fourth-order valence-electron chi connectivity index (χ4n) is 2.69. The van der Waals surface area contributed by atoms with Crippen LogP contribution in [0, 0.1) is 6.92 Å². The molecule has 0 aromatic carbocycles. The van der Waals surface area contributed by atoms with Gasteiger partial charge in [-0.2, -0.15) is 0 Å². The molecule has 1 aliphatic heterocycles. The van der Waals surface area contributed by atoms with Crippen molar-refractivity contribution in [2.24, 2.45) is 0 Å². The first-order valence-electron chi connectivity index (χ1n) is 6.55. The molecular formula is C13H17NO4S. The summed E-state index contributed by atoms with van der Waals surface area (Å²) in [5.74, 6) is 0.462. The highest BCUT2D eigenvalue weighted by atomic mass is 32.2. The molecule has 0 spiro atoms. The number of amides is 1. The van der Waals surface area contributed by atoms with Crippen molar-refractivity contribution in [2.75, 3.05) is 11.5 Å². The van der Waals surface area contributed by atoms with Gasteiger partial charge in [-0.15, -0.1) is 0 Å². The van der Waals surface area contributed by atoms with Gasteiger partial charge >= 0.3 is 0 Å².